The molecule has 0 heterocycles. The van der Waals surface area contributed by atoms with E-state index in [1.807, 2.05) is 24.3 Å². The van der Waals surface area contributed by atoms with E-state index in [2.05, 4.69) is 18.7 Å². The predicted molar refractivity (Wildman–Crippen MR) is 60.0 cm³/mol. The molecule has 0 saturated carbocycles. The van der Waals surface area contributed by atoms with E-state index in [1.165, 1.54) is 5.56 Å². The molecule has 0 fully saturated rings. The number of hydrogen-bond donors (Lipinski definition) is 1. The highest BCUT2D eigenvalue weighted by molar-refractivity contribution is 5.85. The highest BCUT2D eigenvalue weighted by atomic mass is 35.5. The van der Waals surface area contributed by atoms with Crippen molar-refractivity contribution in [2.75, 3.05) is 0 Å². The van der Waals surface area contributed by atoms with Crippen LogP contribution in [0.2, 0.25) is 0 Å². The summed E-state index contributed by atoms with van der Waals surface area (Å²) in [4.78, 5) is 0. The number of nitrogens with two attached hydrogens (primary N) is 1. The standard InChI is InChI=1S/C11H15N.ClH/c1-2-3-9-11(12)10-7-5-4-6-8-10;/h2,4-8,11H,1,3,9,12H2;1H/t11-;/m1./s1. The minimum atomic E-state index is 0. The minimum absolute atomic E-state index is 0. The van der Waals surface area contributed by atoms with Crippen LogP contribution in [0.5, 0.6) is 0 Å². The molecule has 1 atom stereocenters. The van der Waals surface area contributed by atoms with E-state index in [0.29, 0.717) is 0 Å². The van der Waals surface area contributed by atoms with Crippen molar-refractivity contribution >= 4 is 12.4 Å². The van der Waals surface area contributed by atoms with Crippen molar-refractivity contribution < 1.29 is 0 Å². The van der Waals surface area contributed by atoms with Gasteiger partial charge in [0.05, 0.1) is 0 Å². The summed E-state index contributed by atoms with van der Waals surface area (Å²) in [7, 11) is 0. The summed E-state index contributed by atoms with van der Waals surface area (Å²) >= 11 is 0. The van der Waals surface area contributed by atoms with Gasteiger partial charge in [-0.05, 0) is 18.4 Å². The van der Waals surface area contributed by atoms with E-state index in [1.54, 1.807) is 0 Å². The van der Waals surface area contributed by atoms with Crippen molar-refractivity contribution in [2.45, 2.75) is 18.9 Å². The van der Waals surface area contributed by atoms with Gasteiger partial charge in [0.2, 0.25) is 0 Å². The van der Waals surface area contributed by atoms with E-state index in [9.17, 15) is 0 Å². The first-order valence-electron chi connectivity index (χ1n) is 4.26. The van der Waals surface area contributed by atoms with Gasteiger partial charge in [-0.2, -0.15) is 0 Å². The van der Waals surface area contributed by atoms with Crippen LogP contribution in [0, 0.1) is 0 Å². The van der Waals surface area contributed by atoms with Gasteiger partial charge in [-0.1, -0.05) is 36.4 Å². The van der Waals surface area contributed by atoms with Crippen LogP contribution in [0.25, 0.3) is 0 Å². The molecule has 0 aliphatic carbocycles. The zero-order valence-electron chi connectivity index (χ0n) is 7.65. The quantitative estimate of drug-likeness (QED) is 0.738. The second kappa shape index (κ2) is 6.70. The molecule has 0 aliphatic rings. The van der Waals surface area contributed by atoms with Crippen LogP contribution in [-0.4, -0.2) is 0 Å². The number of hydrogen-bond acceptors (Lipinski definition) is 1. The maximum atomic E-state index is 5.93. The summed E-state index contributed by atoms with van der Waals surface area (Å²) in [5, 5.41) is 0. The van der Waals surface area contributed by atoms with E-state index in [-0.39, 0.29) is 18.4 Å². The number of benzene rings is 1. The monoisotopic (exact) mass is 197 g/mol. The van der Waals surface area contributed by atoms with E-state index in [0.717, 1.165) is 12.8 Å². The molecule has 72 valence electrons. The third-order valence-corrected chi connectivity index (χ3v) is 1.91. The number of rotatable bonds is 4. The Morgan fingerprint density at radius 1 is 1.31 bits per heavy atom. The largest absolute Gasteiger partial charge is 0.324 e. The maximum absolute atomic E-state index is 5.93. The molecule has 0 aromatic heterocycles. The molecule has 0 saturated heterocycles. The second-order valence-electron chi connectivity index (χ2n) is 2.88. The Hall–Kier alpha value is -0.790. The zero-order chi connectivity index (χ0) is 8.81. The first-order chi connectivity index (χ1) is 5.84. The topological polar surface area (TPSA) is 26.0 Å². The molecule has 13 heavy (non-hydrogen) atoms. The van der Waals surface area contributed by atoms with Gasteiger partial charge in [-0.15, -0.1) is 19.0 Å². The van der Waals surface area contributed by atoms with Gasteiger partial charge in [0.1, 0.15) is 0 Å². The zero-order valence-corrected chi connectivity index (χ0v) is 8.46. The fourth-order valence-corrected chi connectivity index (χ4v) is 1.16. The molecule has 0 amide bonds. The van der Waals surface area contributed by atoms with Crippen molar-refractivity contribution in [3.63, 3.8) is 0 Å². The summed E-state index contributed by atoms with van der Waals surface area (Å²) in [6.45, 7) is 3.67. The molecule has 0 bridgehead atoms. The Morgan fingerprint density at radius 2 is 1.92 bits per heavy atom. The third kappa shape index (κ3) is 4.11. The lowest BCUT2D eigenvalue weighted by atomic mass is 10.0. The van der Waals surface area contributed by atoms with Crippen molar-refractivity contribution in [3.8, 4) is 0 Å². The lowest BCUT2D eigenvalue weighted by Gasteiger charge is -2.09. The van der Waals surface area contributed by atoms with Crippen LogP contribution in [0.15, 0.2) is 43.0 Å². The highest BCUT2D eigenvalue weighted by Crippen LogP contribution is 2.14. The molecule has 2 heteroatoms. The number of halogens is 1. The molecular weight excluding hydrogens is 182 g/mol. The Labute approximate surface area is 86.1 Å². The highest BCUT2D eigenvalue weighted by Gasteiger charge is 2.02. The summed E-state index contributed by atoms with van der Waals surface area (Å²) in [6.07, 6.45) is 3.87. The van der Waals surface area contributed by atoms with Crippen molar-refractivity contribution in [2.24, 2.45) is 5.73 Å². The summed E-state index contributed by atoms with van der Waals surface area (Å²) in [5.41, 5.74) is 7.14. The Morgan fingerprint density at radius 3 is 2.46 bits per heavy atom. The van der Waals surface area contributed by atoms with Gasteiger partial charge >= 0.3 is 0 Å². The van der Waals surface area contributed by atoms with E-state index >= 15 is 0 Å². The molecule has 1 aromatic carbocycles. The normalized spacial score (nSPS) is 11.5. The van der Waals surface area contributed by atoms with Crippen LogP contribution >= 0.6 is 12.4 Å². The van der Waals surface area contributed by atoms with Gasteiger partial charge in [-0.25, -0.2) is 0 Å². The fraction of sp³-hybridized carbons (Fsp3) is 0.273. The molecule has 2 N–H and O–H groups in total. The summed E-state index contributed by atoms with van der Waals surface area (Å²) < 4.78 is 0. The molecule has 0 spiro atoms. The molecular formula is C11H16ClN. The Bertz CT molecular complexity index is 233. The fourth-order valence-electron chi connectivity index (χ4n) is 1.16. The van der Waals surface area contributed by atoms with Crippen LogP contribution < -0.4 is 5.73 Å². The van der Waals surface area contributed by atoms with Gasteiger partial charge < -0.3 is 5.73 Å². The van der Waals surface area contributed by atoms with Crippen molar-refractivity contribution in [3.05, 3.63) is 48.6 Å². The summed E-state index contributed by atoms with van der Waals surface area (Å²) in [6, 6.07) is 10.3. The van der Waals surface area contributed by atoms with E-state index in [4.69, 9.17) is 5.73 Å². The van der Waals surface area contributed by atoms with Gasteiger partial charge in [0, 0.05) is 6.04 Å². The van der Waals surface area contributed by atoms with Crippen LogP contribution in [0.1, 0.15) is 24.4 Å². The molecule has 1 aromatic rings. The van der Waals surface area contributed by atoms with Crippen LogP contribution in [0.3, 0.4) is 0 Å². The maximum Gasteiger partial charge on any atom is 0.0297 e. The van der Waals surface area contributed by atoms with Crippen LogP contribution in [0.4, 0.5) is 0 Å². The van der Waals surface area contributed by atoms with Gasteiger partial charge in [0.25, 0.3) is 0 Å². The molecule has 0 aliphatic heterocycles. The first-order valence-corrected chi connectivity index (χ1v) is 4.26. The summed E-state index contributed by atoms with van der Waals surface area (Å²) in [5.74, 6) is 0. The minimum Gasteiger partial charge on any atom is -0.324 e. The van der Waals surface area contributed by atoms with Crippen LogP contribution in [-0.2, 0) is 0 Å². The molecule has 0 unspecified atom stereocenters. The van der Waals surface area contributed by atoms with Gasteiger partial charge in [-0.3, -0.25) is 0 Å². The second-order valence-corrected chi connectivity index (χ2v) is 2.88. The smallest absolute Gasteiger partial charge is 0.0297 e. The van der Waals surface area contributed by atoms with E-state index < -0.39 is 0 Å². The first kappa shape index (κ1) is 12.2. The molecule has 1 nitrogen and oxygen atoms in total. The average Bonchev–Trinajstić information content (AvgIpc) is 2.15. The Kier molecular flexibility index (Phi) is 6.29. The van der Waals surface area contributed by atoms with Crippen molar-refractivity contribution in [1.29, 1.82) is 0 Å². The SMILES string of the molecule is C=CCC[C@@H](N)c1ccccc1.Cl. The van der Waals surface area contributed by atoms with Crippen molar-refractivity contribution in [1.82, 2.24) is 0 Å². The lowest BCUT2D eigenvalue weighted by molar-refractivity contribution is 0.661. The third-order valence-electron chi connectivity index (χ3n) is 1.91. The molecule has 0 radical (unpaired) electrons. The average molecular weight is 198 g/mol. The molecule has 1 rings (SSSR count). The number of allylic oxidation sites excluding steroid dienone is 1. The van der Waals surface area contributed by atoms with Gasteiger partial charge in [0.15, 0.2) is 0 Å². The Balaban J connectivity index is 0.00000144. The lowest BCUT2D eigenvalue weighted by Crippen LogP contribution is -2.09. The predicted octanol–water partition coefficient (Wildman–Crippen LogP) is 3.07.